The van der Waals surface area contributed by atoms with E-state index in [0.29, 0.717) is 0 Å². The van der Waals surface area contributed by atoms with Gasteiger partial charge in [0.05, 0.1) is 12.9 Å². The van der Waals surface area contributed by atoms with Gasteiger partial charge in [0.25, 0.3) is 0 Å². The predicted octanol–water partition coefficient (Wildman–Crippen LogP) is 1.22. The maximum Gasteiger partial charge on any atom is 0.410 e. The Labute approximate surface area is 112 Å². The highest BCUT2D eigenvalue weighted by Gasteiger charge is 2.44. The van der Waals surface area contributed by atoms with Gasteiger partial charge in [-0.1, -0.05) is 0 Å². The summed E-state index contributed by atoms with van der Waals surface area (Å²) in [5.41, 5.74) is 0.880. The number of nitrogens with zero attached hydrogens (tertiary/aromatic N) is 3. The summed E-state index contributed by atoms with van der Waals surface area (Å²) in [5, 5.41) is 0. The summed E-state index contributed by atoms with van der Waals surface area (Å²) in [5.74, 6) is 0. The zero-order valence-electron chi connectivity index (χ0n) is 11.3. The molecule has 0 aliphatic carbocycles. The van der Waals surface area contributed by atoms with E-state index in [9.17, 15) is 4.79 Å². The highest BCUT2D eigenvalue weighted by molar-refractivity contribution is 5.70. The number of ether oxygens (including phenoxy) is 1. The van der Waals surface area contributed by atoms with Gasteiger partial charge in [0, 0.05) is 38.4 Å². The van der Waals surface area contributed by atoms with E-state index in [1.807, 2.05) is 13.2 Å². The number of rotatable bonds is 2. The molecule has 2 fully saturated rings. The van der Waals surface area contributed by atoms with Gasteiger partial charge in [0.2, 0.25) is 0 Å². The van der Waals surface area contributed by atoms with Crippen LogP contribution >= 0.6 is 0 Å². The van der Waals surface area contributed by atoms with Gasteiger partial charge in [-0.25, -0.2) is 9.78 Å². The number of likely N-dealkylation sites (tertiary alicyclic amines) is 1. The van der Waals surface area contributed by atoms with Crippen molar-refractivity contribution in [1.82, 2.24) is 19.8 Å². The van der Waals surface area contributed by atoms with Crippen LogP contribution in [-0.4, -0.2) is 58.1 Å². The van der Waals surface area contributed by atoms with Crippen molar-refractivity contribution in [3.8, 4) is 0 Å². The molecule has 2 aliphatic rings. The average molecular weight is 264 g/mol. The lowest BCUT2D eigenvalue weighted by atomic mass is 9.95. The molecule has 6 heteroatoms. The van der Waals surface area contributed by atoms with Crippen molar-refractivity contribution >= 4 is 6.09 Å². The molecule has 0 aromatic carbocycles. The van der Waals surface area contributed by atoms with Crippen LogP contribution in [0.25, 0.3) is 0 Å². The fourth-order valence-electron chi connectivity index (χ4n) is 3.05. The van der Waals surface area contributed by atoms with Crippen molar-refractivity contribution < 1.29 is 9.53 Å². The third kappa shape index (κ3) is 2.58. The van der Waals surface area contributed by atoms with Gasteiger partial charge < -0.3 is 14.6 Å². The van der Waals surface area contributed by atoms with Gasteiger partial charge in [-0.05, 0) is 19.4 Å². The predicted molar refractivity (Wildman–Crippen MR) is 69.6 cm³/mol. The number of hydrogen-bond acceptors (Lipinski definition) is 4. The lowest BCUT2D eigenvalue weighted by Gasteiger charge is -2.25. The Hall–Kier alpha value is -1.56. The number of carbonyl (C=O) groups excluding carboxylic acids is 1. The molecular weight excluding hydrogens is 244 g/mol. The lowest BCUT2D eigenvalue weighted by Crippen LogP contribution is -2.35. The third-order valence-electron chi connectivity index (χ3n) is 4.08. The van der Waals surface area contributed by atoms with E-state index in [0.717, 1.165) is 51.1 Å². The Kier molecular flexibility index (Phi) is 3.18. The Morgan fingerprint density at radius 1 is 1.47 bits per heavy atom. The van der Waals surface area contributed by atoms with Crippen LogP contribution < -0.4 is 0 Å². The minimum Gasteiger partial charge on any atom is -0.441 e. The topological polar surface area (TPSA) is 61.5 Å². The first-order valence-corrected chi connectivity index (χ1v) is 6.81. The van der Waals surface area contributed by atoms with Crippen LogP contribution in [0.3, 0.4) is 0 Å². The third-order valence-corrected chi connectivity index (χ3v) is 4.08. The Morgan fingerprint density at radius 3 is 3.05 bits per heavy atom. The lowest BCUT2D eigenvalue weighted by molar-refractivity contribution is 0.0442. The second kappa shape index (κ2) is 4.85. The first-order chi connectivity index (χ1) is 9.17. The van der Waals surface area contributed by atoms with Crippen molar-refractivity contribution in [3.05, 3.63) is 18.2 Å². The number of aromatic amines is 1. The Bertz CT molecular complexity index is 448. The van der Waals surface area contributed by atoms with Crippen LogP contribution in [0.4, 0.5) is 4.79 Å². The van der Waals surface area contributed by atoms with Crippen molar-refractivity contribution in [2.24, 2.45) is 0 Å². The number of H-pyrrole nitrogens is 1. The standard InChI is InChI=1S/C13H20N4O2/c1-16-9-13(19-12(16)18)3-2-5-17(6-4-13)8-11-7-14-10-15-11/h7,10H,2-6,8-9H2,1H3,(H,14,15)/t13-/m1/s1. The van der Waals surface area contributed by atoms with E-state index < -0.39 is 0 Å². The highest BCUT2D eigenvalue weighted by Crippen LogP contribution is 2.32. The molecule has 19 heavy (non-hydrogen) atoms. The van der Waals surface area contributed by atoms with E-state index in [1.54, 1.807) is 11.2 Å². The van der Waals surface area contributed by atoms with Crippen LogP contribution in [0.5, 0.6) is 0 Å². The van der Waals surface area contributed by atoms with Gasteiger partial charge >= 0.3 is 6.09 Å². The van der Waals surface area contributed by atoms with E-state index in [1.165, 1.54) is 0 Å². The first kappa shape index (κ1) is 12.5. The summed E-state index contributed by atoms with van der Waals surface area (Å²) in [6.07, 6.45) is 6.34. The quantitative estimate of drug-likeness (QED) is 0.872. The summed E-state index contributed by atoms with van der Waals surface area (Å²) < 4.78 is 5.61. The average Bonchev–Trinajstić information content (AvgIpc) is 2.91. The molecule has 0 bridgehead atoms. The van der Waals surface area contributed by atoms with Gasteiger partial charge in [-0.2, -0.15) is 0 Å². The number of aromatic nitrogens is 2. The number of imidazole rings is 1. The van der Waals surface area contributed by atoms with Gasteiger partial charge in [0.15, 0.2) is 0 Å². The minimum absolute atomic E-state index is 0.179. The fraction of sp³-hybridized carbons (Fsp3) is 0.692. The molecule has 3 rings (SSSR count). The van der Waals surface area contributed by atoms with E-state index >= 15 is 0 Å². The molecule has 6 nitrogen and oxygen atoms in total. The molecule has 3 heterocycles. The van der Waals surface area contributed by atoms with Crippen molar-refractivity contribution in [1.29, 1.82) is 0 Å². The zero-order chi connectivity index (χ0) is 13.3. The second-order valence-corrected chi connectivity index (χ2v) is 5.61. The number of amides is 1. The normalized spacial score (nSPS) is 28.7. The summed E-state index contributed by atoms with van der Waals surface area (Å²) >= 11 is 0. The molecule has 1 atom stereocenters. The maximum absolute atomic E-state index is 11.6. The Balaban J connectivity index is 1.61. The maximum atomic E-state index is 11.6. The zero-order valence-corrected chi connectivity index (χ0v) is 11.3. The molecule has 0 saturated carbocycles. The molecule has 2 aliphatic heterocycles. The largest absolute Gasteiger partial charge is 0.441 e. The van der Waals surface area contributed by atoms with E-state index in [2.05, 4.69) is 14.9 Å². The Morgan fingerprint density at radius 2 is 2.37 bits per heavy atom. The monoisotopic (exact) mass is 264 g/mol. The van der Waals surface area contributed by atoms with E-state index in [4.69, 9.17) is 4.74 Å². The molecule has 2 saturated heterocycles. The molecule has 1 spiro atoms. The minimum atomic E-state index is -0.255. The first-order valence-electron chi connectivity index (χ1n) is 6.81. The van der Waals surface area contributed by atoms with Crippen LogP contribution in [0.15, 0.2) is 12.5 Å². The highest BCUT2D eigenvalue weighted by atomic mass is 16.6. The van der Waals surface area contributed by atoms with Gasteiger partial charge in [-0.3, -0.25) is 4.90 Å². The number of likely N-dealkylation sites (N-methyl/N-ethyl adjacent to an activating group) is 1. The molecule has 1 amide bonds. The van der Waals surface area contributed by atoms with Crippen LogP contribution in [-0.2, 0) is 11.3 Å². The smallest absolute Gasteiger partial charge is 0.410 e. The van der Waals surface area contributed by atoms with Crippen LogP contribution in [0.2, 0.25) is 0 Å². The number of nitrogens with one attached hydrogen (secondary N) is 1. The summed E-state index contributed by atoms with van der Waals surface area (Å²) in [7, 11) is 1.81. The molecule has 0 unspecified atom stereocenters. The van der Waals surface area contributed by atoms with E-state index in [-0.39, 0.29) is 11.7 Å². The van der Waals surface area contributed by atoms with Crippen molar-refractivity contribution in [2.45, 2.75) is 31.4 Å². The molecule has 104 valence electrons. The molecule has 1 aromatic heterocycles. The molecule has 1 N–H and O–H groups in total. The fourth-order valence-corrected chi connectivity index (χ4v) is 3.05. The molecule has 0 radical (unpaired) electrons. The molecular formula is C13H20N4O2. The summed E-state index contributed by atoms with van der Waals surface area (Å²) in [6, 6.07) is 0. The van der Waals surface area contributed by atoms with Gasteiger partial charge in [0.1, 0.15) is 5.60 Å². The SMILES string of the molecule is CN1C[C@]2(CCCN(Cc3cnc[nH]3)CC2)OC1=O. The number of carbonyl (C=O) groups is 1. The van der Waals surface area contributed by atoms with Crippen molar-refractivity contribution in [2.75, 3.05) is 26.7 Å². The number of hydrogen-bond donors (Lipinski definition) is 1. The van der Waals surface area contributed by atoms with Gasteiger partial charge in [-0.15, -0.1) is 0 Å². The van der Waals surface area contributed by atoms with Crippen LogP contribution in [0, 0.1) is 0 Å². The summed E-state index contributed by atoms with van der Waals surface area (Å²) in [6.45, 7) is 3.62. The van der Waals surface area contributed by atoms with Crippen molar-refractivity contribution in [3.63, 3.8) is 0 Å². The summed E-state index contributed by atoms with van der Waals surface area (Å²) in [4.78, 5) is 22.8. The van der Waals surface area contributed by atoms with Crippen LogP contribution in [0.1, 0.15) is 25.0 Å². The second-order valence-electron chi connectivity index (χ2n) is 5.61. The molecule has 1 aromatic rings.